The van der Waals surface area contributed by atoms with Crippen LogP contribution in [0, 0.1) is 25.2 Å². The van der Waals surface area contributed by atoms with E-state index in [4.69, 9.17) is 0 Å². The van der Waals surface area contributed by atoms with Crippen molar-refractivity contribution in [2.75, 3.05) is 24.5 Å². The summed E-state index contributed by atoms with van der Waals surface area (Å²) in [5.74, 6) is -0.296. The lowest BCUT2D eigenvalue weighted by Gasteiger charge is -2.35. The van der Waals surface area contributed by atoms with Crippen molar-refractivity contribution >= 4 is 17.5 Å². The van der Waals surface area contributed by atoms with Gasteiger partial charge < -0.3 is 9.80 Å². The van der Waals surface area contributed by atoms with E-state index < -0.39 is 0 Å². The van der Waals surface area contributed by atoms with Crippen LogP contribution in [0.5, 0.6) is 0 Å². The van der Waals surface area contributed by atoms with Crippen molar-refractivity contribution in [3.63, 3.8) is 0 Å². The van der Waals surface area contributed by atoms with E-state index in [0.717, 1.165) is 11.1 Å². The highest BCUT2D eigenvalue weighted by atomic mass is 16.2. The third kappa shape index (κ3) is 3.24. The molecule has 2 amide bonds. The number of piperazine rings is 1. The molecule has 3 rings (SSSR count). The van der Waals surface area contributed by atoms with Gasteiger partial charge in [0.15, 0.2) is 0 Å². The molecule has 5 nitrogen and oxygen atoms in total. The average molecular weight is 333 g/mol. The van der Waals surface area contributed by atoms with Crippen molar-refractivity contribution < 1.29 is 9.59 Å². The van der Waals surface area contributed by atoms with E-state index in [2.05, 4.69) is 6.07 Å². The SMILES string of the molecule is Cc1ccc(C)c(C(=O)N2CCN(c3ccccc3C#N)C(=O)C2)c1. The number of hydrogen-bond acceptors (Lipinski definition) is 3. The third-order valence-electron chi connectivity index (χ3n) is 4.45. The molecule has 0 atom stereocenters. The number of rotatable bonds is 2. The van der Waals surface area contributed by atoms with E-state index in [1.165, 1.54) is 0 Å². The van der Waals surface area contributed by atoms with Crippen LogP contribution in [-0.2, 0) is 4.79 Å². The molecule has 1 fully saturated rings. The van der Waals surface area contributed by atoms with Crippen molar-refractivity contribution in [3.05, 3.63) is 64.7 Å². The Morgan fingerprint density at radius 3 is 2.60 bits per heavy atom. The first-order valence-electron chi connectivity index (χ1n) is 8.17. The molecule has 0 aliphatic carbocycles. The smallest absolute Gasteiger partial charge is 0.254 e. The van der Waals surface area contributed by atoms with Crippen LogP contribution in [0.3, 0.4) is 0 Å². The molecule has 0 N–H and O–H groups in total. The Morgan fingerprint density at radius 1 is 1.12 bits per heavy atom. The fourth-order valence-electron chi connectivity index (χ4n) is 3.04. The largest absolute Gasteiger partial charge is 0.328 e. The zero-order chi connectivity index (χ0) is 18.0. The van der Waals surface area contributed by atoms with Crippen molar-refractivity contribution in [1.82, 2.24) is 4.90 Å². The number of para-hydroxylation sites is 1. The van der Waals surface area contributed by atoms with E-state index in [1.54, 1.807) is 34.1 Å². The van der Waals surface area contributed by atoms with Crippen molar-refractivity contribution in [3.8, 4) is 6.07 Å². The first-order chi connectivity index (χ1) is 12.0. The summed E-state index contributed by atoms with van der Waals surface area (Å²) in [5, 5.41) is 9.23. The van der Waals surface area contributed by atoms with Gasteiger partial charge in [0.25, 0.3) is 5.91 Å². The number of carbonyl (C=O) groups excluding carboxylic acids is 2. The fourth-order valence-corrected chi connectivity index (χ4v) is 3.04. The summed E-state index contributed by atoms with van der Waals surface area (Å²) in [7, 11) is 0. The monoisotopic (exact) mass is 333 g/mol. The molecule has 0 unspecified atom stereocenters. The minimum Gasteiger partial charge on any atom is -0.328 e. The summed E-state index contributed by atoms with van der Waals surface area (Å²) in [5.41, 5.74) is 3.62. The maximum Gasteiger partial charge on any atom is 0.254 e. The summed E-state index contributed by atoms with van der Waals surface area (Å²) in [6.07, 6.45) is 0. The lowest BCUT2D eigenvalue weighted by atomic mass is 10.0. The second kappa shape index (κ2) is 6.78. The number of hydrogen-bond donors (Lipinski definition) is 0. The molecule has 2 aromatic carbocycles. The summed E-state index contributed by atoms with van der Waals surface area (Å²) in [6, 6.07) is 14.9. The molecule has 1 aliphatic heterocycles. The predicted octanol–water partition coefficient (Wildman–Crippen LogP) is 2.66. The number of nitriles is 1. The van der Waals surface area contributed by atoms with Crippen LogP contribution >= 0.6 is 0 Å². The molecule has 0 spiro atoms. The van der Waals surface area contributed by atoms with Crippen molar-refractivity contribution in [2.24, 2.45) is 0 Å². The van der Waals surface area contributed by atoms with E-state index in [0.29, 0.717) is 29.9 Å². The molecular formula is C20H19N3O2. The number of amides is 2. The standard InChI is InChI=1S/C20H19N3O2/c1-14-7-8-15(2)17(11-14)20(25)22-9-10-23(19(24)13-22)18-6-4-3-5-16(18)12-21/h3-8,11H,9-10,13H2,1-2H3. The van der Waals surface area contributed by atoms with E-state index in [-0.39, 0.29) is 18.4 Å². The molecule has 5 heteroatoms. The normalized spacial score (nSPS) is 14.4. The van der Waals surface area contributed by atoms with E-state index in [1.807, 2.05) is 32.0 Å². The van der Waals surface area contributed by atoms with Crippen LogP contribution in [0.4, 0.5) is 5.69 Å². The molecule has 1 saturated heterocycles. The lowest BCUT2D eigenvalue weighted by Crippen LogP contribution is -2.52. The van der Waals surface area contributed by atoms with Gasteiger partial charge in [0.2, 0.25) is 5.91 Å². The number of benzene rings is 2. The number of carbonyl (C=O) groups is 2. The van der Waals surface area contributed by atoms with Crippen LogP contribution in [-0.4, -0.2) is 36.3 Å². The Kier molecular flexibility index (Phi) is 4.53. The Balaban J connectivity index is 1.80. The van der Waals surface area contributed by atoms with Crippen molar-refractivity contribution in [1.29, 1.82) is 5.26 Å². The number of anilines is 1. The van der Waals surface area contributed by atoms with Gasteiger partial charge in [-0.2, -0.15) is 5.26 Å². The van der Waals surface area contributed by atoms with Crippen LogP contribution in [0.2, 0.25) is 0 Å². The maximum atomic E-state index is 12.8. The predicted molar refractivity (Wildman–Crippen MR) is 95.3 cm³/mol. The molecule has 0 aromatic heterocycles. The zero-order valence-corrected chi connectivity index (χ0v) is 14.3. The summed E-state index contributed by atoms with van der Waals surface area (Å²) in [6.45, 7) is 4.68. The van der Waals surface area contributed by atoms with Gasteiger partial charge in [-0.25, -0.2) is 0 Å². The maximum absolute atomic E-state index is 12.8. The molecule has 25 heavy (non-hydrogen) atoms. The van der Waals surface area contributed by atoms with Gasteiger partial charge in [-0.1, -0.05) is 29.8 Å². The topological polar surface area (TPSA) is 64.4 Å². The van der Waals surface area contributed by atoms with E-state index >= 15 is 0 Å². The molecule has 2 aromatic rings. The molecule has 0 bridgehead atoms. The van der Waals surface area contributed by atoms with Gasteiger partial charge in [-0.3, -0.25) is 9.59 Å². The zero-order valence-electron chi connectivity index (χ0n) is 14.3. The molecule has 0 saturated carbocycles. The first kappa shape index (κ1) is 16.7. The van der Waals surface area contributed by atoms with Crippen LogP contribution < -0.4 is 4.90 Å². The second-order valence-electron chi connectivity index (χ2n) is 6.22. The first-order valence-corrected chi connectivity index (χ1v) is 8.17. The highest BCUT2D eigenvalue weighted by Gasteiger charge is 2.30. The minimum atomic E-state index is -0.174. The molecular weight excluding hydrogens is 314 g/mol. The van der Waals surface area contributed by atoms with Crippen LogP contribution in [0.25, 0.3) is 0 Å². The fraction of sp³-hybridized carbons (Fsp3) is 0.250. The average Bonchev–Trinajstić information content (AvgIpc) is 2.63. The Labute approximate surface area is 147 Å². The Hall–Kier alpha value is -3.13. The quantitative estimate of drug-likeness (QED) is 0.849. The highest BCUT2D eigenvalue weighted by molar-refractivity contribution is 6.02. The highest BCUT2D eigenvalue weighted by Crippen LogP contribution is 2.23. The minimum absolute atomic E-state index is 0.0198. The van der Waals surface area contributed by atoms with Crippen molar-refractivity contribution in [2.45, 2.75) is 13.8 Å². The van der Waals surface area contributed by atoms with Gasteiger partial charge in [-0.15, -0.1) is 0 Å². The summed E-state index contributed by atoms with van der Waals surface area (Å²) < 4.78 is 0. The lowest BCUT2D eigenvalue weighted by molar-refractivity contribution is -0.120. The molecule has 0 radical (unpaired) electrons. The Bertz CT molecular complexity index is 883. The van der Waals surface area contributed by atoms with Gasteiger partial charge in [0.05, 0.1) is 11.3 Å². The summed E-state index contributed by atoms with van der Waals surface area (Å²) in [4.78, 5) is 28.5. The second-order valence-corrected chi connectivity index (χ2v) is 6.22. The number of aryl methyl sites for hydroxylation is 2. The van der Waals surface area contributed by atoms with Crippen LogP contribution in [0.1, 0.15) is 27.0 Å². The Morgan fingerprint density at radius 2 is 1.88 bits per heavy atom. The van der Waals surface area contributed by atoms with Gasteiger partial charge >= 0.3 is 0 Å². The third-order valence-corrected chi connectivity index (χ3v) is 4.45. The van der Waals surface area contributed by atoms with E-state index in [9.17, 15) is 14.9 Å². The number of nitrogens with zero attached hydrogens (tertiary/aromatic N) is 3. The van der Waals surface area contributed by atoms with Gasteiger partial charge in [0, 0.05) is 18.7 Å². The van der Waals surface area contributed by atoms with Gasteiger partial charge in [0.1, 0.15) is 12.6 Å². The summed E-state index contributed by atoms with van der Waals surface area (Å²) >= 11 is 0. The molecule has 1 aliphatic rings. The molecule has 126 valence electrons. The van der Waals surface area contributed by atoms with Crippen LogP contribution in [0.15, 0.2) is 42.5 Å². The molecule has 1 heterocycles. The van der Waals surface area contributed by atoms with Gasteiger partial charge in [-0.05, 0) is 37.6 Å².